The highest BCUT2D eigenvalue weighted by atomic mass is 16.5. The van der Waals surface area contributed by atoms with Gasteiger partial charge in [-0.15, -0.1) is 0 Å². The van der Waals surface area contributed by atoms with E-state index in [2.05, 4.69) is 4.98 Å². The van der Waals surface area contributed by atoms with Crippen molar-refractivity contribution in [3.63, 3.8) is 0 Å². The molecule has 1 atom stereocenters. The fourth-order valence-electron chi connectivity index (χ4n) is 1.49. The monoisotopic (exact) mass is 229 g/mol. The highest BCUT2D eigenvalue weighted by molar-refractivity contribution is 5.27. The van der Waals surface area contributed by atoms with Gasteiger partial charge in [-0.3, -0.25) is 0 Å². The summed E-state index contributed by atoms with van der Waals surface area (Å²) < 4.78 is 5.55. The fourth-order valence-corrected chi connectivity index (χ4v) is 1.49. The topological polar surface area (TPSA) is 42.4 Å². The summed E-state index contributed by atoms with van der Waals surface area (Å²) in [5.41, 5.74) is 0.813. The summed E-state index contributed by atoms with van der Waals surface area (Å²) in [5.74, 6) is 1.28. The normalized spacial score (nSPS) is 12.1. The standard InChI is InChI=1S/C14H15NO2/c1-2-13(16)11-8-9-14(15-10-11)17-12-6-4-3-5-7-12/h3-10,13,16H,2H2,1H3/t13-/m0/s1. The highest BCUT2D eigenvalue weighted by Gasteiger charge is 2.05. The van der Waals surface area contributed by atoms with E-state index in [4.69, 9.17) is 4.74 Å². The Morgan fingerprint density at radius 3 is 2.53 bits per heavy atom. The first kappa shape index (κ1) is 11.6. The summed E-state index contributed by atoms with van der Waals surface area (Å²) in [6.07, 6.45) is 1.88. The van der Waals surface area contributed by atoms with Crippen molar-refractivity contribution in [2.24, 2.45) is 0 Å². The Hall–Kier alpha value is -1.87. The molecular weight excluding hydrogens is 214 g/mol. The number of aliphatic hydroxyl groups excluding tert-OH is 1. The zero-order valence-electron chi connectivity index (χ0n) is 9.71. The Kier molecular flexibility index (Phi) is 3.73. The van der Waals surface area contributed by atoms with E-state index in [9.17, 15) is 5.11 Å². The van der Waals surface area contributed by atoms with Crippen LogP contribution in [-0.4, -0.2) is 10.1 Å². The van der Waals surface area contributed by atoms with Crippen molar-refractivity contribution in [2.45, 2.75) is 19.4 Å². The molecule has 0 fully saturated rings. The Bertz CT molecular complexity index is 453. The highest BCUT2D eigenvalue weighted by Crippen LogP contribution is 2.21. The van der Waals surface area contributed by atoms with E-state index in [-0.39, 0.29) is 0 Å². The number of hydrogen-bond acceptors (Lipinski definition) is 3. The van der Waals surface area contributed by atoms with Gasteiger partial charge in [0.1, 0.15) is 5.75 Å². The molecule has 17 heavy (non-hydrogen) atoms. The van der Waals surface area contributed by atoms with Gasteiger partial charge in [0.05, 0.1) is 6.10 Å². The molecule has 3 heteroatoms. The summed E-state index contributed by atoms with van der Waals surface area (Å²) in [5, 5.41) is 9.63. The second kappa shape index (κ2) is 5.46. The van der Waals surface area contributed by atoms with E-state index in [0.717, 1.165) is 11.3 Å². The quantitative estimate of drug-likeness (QED) is 0.874. The maximum Gasteiger partial charge on any atom is 0.219 e. The predicted molar refractivity (Wildman–Crippen MR) is 66.0 cm³/mol. The molecule has 0 radical (unpaired) electrons. The first-order valence-corrected chi connectivity index (χ1v) is 5.66. The summed E-state index contributed by atoms with van der Waals surface area (Å²) in [6.45, 7) is 1.93. The number of aliphatic hydroxyl groups is 1. The van der Waals surface area contributed by atoms with Gasteiger partial charge in [0, 0.05) is 12.3 Å². The minimum Gasteiger partial charge on any atom is -0.439 e. The van der Waals surface area contributed by atoms with Gasteiger partial charge in [0.2, 0.25) is 5.88 Å². The molecule has 1 N–H and O–H groups in total. The van der Waals surface area contributed by atoms with Gasteiger partial charge in [0.25, 0.3) is 0 Å². The molecule has 1 heterocycles. The van der Waals surface area contributed by atoms with E-state index in [1.165, 1.54) is 0 Å². The van der Waals surface area contributed by atoms with Crippen LogP contribution in [0.3, 0.4) is 0 Å². The Labute approximate surface area is 101 Å². The van der Waals surface area contributed by atoms with Crippen molar-refractivity contribution < 1.29 is 9.84 Å². The number of ether oxygens (including phenoxy) is 1. The van der Waals surface area contributed by atoms with E-state index in [1.54, 1.807) is 12.3 Å². The molecule has 0 spiro atoms. The largest absolute Gasteiger partial charge is 0.439 e. The number of para-hydroxylation sites is 1. The lowest BCUT2D eigenvalue weighted by Crippen LogP contribution is -1.96. The summed E-state index contributed by atoms with van der Waals surface area (Å²) in [4.78, 5) is 4.16. The molecule has 0 saturated carbocycles. The van der Waals surface area contributed by atoms with Crippen molar-refractivity contribution in [1.29, 1.82) is 0 Å². The van der Waals surface area contributed by atoms with E-state index in [1.807, 2.05) is 43.3 Å². The van der Waals surface area contributed by atoms with Crippen molar-refractivity contribution in [3.8, 4) is 11.6 Å². The number of pyridine rings is 1. The molecule has 0 unspecified atom stereocenters. The lowest BCUT2D eigenvalue weighted by Gasteiger charge is -2.08. The number of hydrogen-bond donors (Lipinski definition) is 1. The van der Waals surface area contributed by atoms with Crippen LogP contribution in [0.25, 0.3) is 0 Å². The van der Waals surface area contributed by atoms with Crippen molar-refractivity contribution in [1.82, 2.24) is 4.98 Å². The first-order chi connectivity index (χ1) is 8.29. The molecule has 3 nitrogen and oxygen atoms in total. The first-order valence-electron chi connectivity index (χ1n) is 5.66. The third kappa shape index (κ3) is 3.04. The molecule has 0 aliphatic carbocycles. The molecule has 0 saturated heterocycles. The van der Waals surface area contributed by atoms with E-state index in [0.29, 0.717) is 12.3 Å². The smallest absolute Gasteiger partial charge is 0.219 e. The maximum absolute atomic E-state index is 9.63. The number of nitrogens with zero attached hydrogens (tertiary/aromatic N) is 1. The third-order valence-corrected chi connectivity index (χ3v) is 2.50. The van der Waals surface area contributed by atoms with Crippen LogP contribution >= 0.6 is 0 Å². The van der Waals surface area contributed by atoms with Gasteiger partial charge in [-0.1, -0.05) is 25.1 Å². The third-order valence-electron chi connectivity index (χ3n) is 2.50. The van der Waals surface area contributed by atoms with Gasteiger partial charge < -0.3 is 9.84 Å². The maximum atomic E-state index is 9.63. The summed E-state index contributed by atoms with van der Waals surface area (Å²) >= 11 is 0. The van der Waals surface area contributed by atoms with Gasteiger partial charge in [-0.05, 0) is 30.2 Å². The van der Waals surface area contributed by atoms with E-state index < -0.39 is 6.10 Å². The van der Waals surface area contributed by atoms with Gasteiger partial charge in [-0.2, -0.15) is 0 Å². The average molecular weight is 229 g/mol. The van der Waals surface area contributed by atoms with Crippen LogP contribution in [0.2, 0.25) is 0 Å². The molecular formula is C14H15NO2. The molecule has 2 aromatic rings. The Morgan fingerprint density at radius 2 is 1.94 bits per heavy atom. The van der Waals surface area contributed by atoms with Crippen LogP contribution in [0.5, 0.6) is 11.6 Å². The van der Waals surface area contributed by atoms with Gasteiger partial charge >= 0.3 is 0 Å². The molecule has 0 amide bonds. The second-order valence-electron chi connectivity index (χ2n) is 3.77. The molecule has 88 valence electrons. The fraction of sp³-hybridized carbons (Fsp3) is 0.214. The SMILES string of the molecule is CC[C@H](O)c1ccc(Oc2ccccc2)nc1. The van der Waals surface area contributed by atoms with Crippen LogP contribution < -0.4 is 4.74 Å². The van der Waals surface area contributed by atoms with Crippen molar-refractivity contribution in [2.75, 3.05) is 0 Å². The number of benzene rings is 1. The molecule has 0 aliphatic heterocycles. The number of rotatable bonds is 4. The second-order valence-corrected chi connectivity index (χ2v) is 3.77. The van der Waals surface area contributed by atoms with Crippen LogP contribution in [-0.2, 0) is 0 Å². The Balaban J connectivity index is 2.08. The lowest BCUT2D eigenvalue weighted by molar-refractivity contribution is 0.173. The summed E-state index contributed by atoms with van der Waals surface area (Å²) in [6, 6.07) is 13.1. The molecule has 0 aliphatic rings. The molecule has 2 rings (SSSR count). The van der Waals surface area contributed by atoms with Gasteiger partial charge in [0.15, 0.2) is 0 Å². The van der Waals surface area contributed by atoms with Crippen LogP contribution in [0.4, 0.5) is 0 Å². The van der Waals surface area contributed by atoms with Crippen molar-refractivity contribution >= 4 is 0 Å². The summed E-state index contributed by atoms with van der Waals surface area (Å²) in [7, 11) is 0. The Morgan fingerprint density at radius 1 is 1.18 bits per heavy atom. The molecule has 0 bridgehead atoms. The van der Waals surface area contributed by atoms with Crippen LogP contribution in [0.15, 0.2) is 48.7 Å². The van der Waals surface area contributed by atoms with Crippen LogP contribution in [0.1, 0.15) is 25.0 Å². The lowest BCUT2D eigenvalue weighted by atomic mass is 10.1. The van der Waals surface area contributed by atoms with Crippen LogP contribution in [0, 0.1) is 0 Å². The minimum atomic E-state index is -0.451. The van der Waals surface area contributed by atoms with E-state index >= 15 is 0 Å². The molecule has 1 aromatic carbocycles. The molecule has 1 aromatic heterocycles. The minimum absolute atomic E-state index is 0.451. The number of aromatic nitrogens is 1. The van der Waals surface area contributed by atoms with Gasteiger partial charge in [-0.25, -0.2) is 4.98 Å². The zero-order valence-corrected chi connectivity index (χ0v) is 9.71. The van der Waals surface area contributed by atoms with Crippen molar-refractivity contribution in [3.05, 3.63) is 54.2 Å². The zero-order chi connectivity index (χ0) is 12.1. The average Bonchev–Trinajstić information content (AvgIpc) is 2.40. The predicted octanol–water partition coefficient (Wildman–Crippen LogP) is 3.32.